The van der Waals surface area contributed by atoms with Gasteiger partial charge in [0.2, 0.25) is 0 Å². The molecule has 0 aliphatic rings. The molecule has 0 heterocycles. The predicted molar refractivity (Wildman–Crippen MR) is 51.2 cm³/mol. The van der Waals surface area contributed by atoms with Crippen LogP contribution in [0.1, 0.15) is 5.56 Å². The fourth-order valence-electron chi connectivity index (χ4n) is 0.877. The molecule has 0 saturated carbocycles. The van der Waals surface area contributed by atoms with E-state index in [0.29, 0.717) is 17.1 Å². The molecule has 64 valence electrons. The minimum Gasteiger partial charge on any atom is -0.507 e. The number of phenolic OH excluding ortho intramolecular Hbond substituents is 1. The maximum absolute atomic E-state index is 9.34. The van der Waals surface area contributed by atoms with Crippen molar-refractivity contribution >= 4 is 17.7 Å². The summed E-state index contributed by atoms with van der Waals surface area (Å²) in [6, 6.07) is 5.00. The summed E-state index contributed by atoms with van der Waals surface area (Å²) < 4.78 is 0. The minimum atomic E-state index is 0.173. The summed E-state index contributed by atoms with van der Waals surface area (Å²) in [7, 11) is 0. The topological polar surface area (TPSA) is 46.2 Å². The molecule has 3 heteroatoms. The van der Waals surface area contributed by atoms with Gasteiger partial charge < -0.3 is 10.8 Å². The summed E-state index contributed by atoms with van der Waals surface area (Å²) in [5.74, 6) is 0.173. The molecule has 0 radical (unpaired) electrons. The molecule has 0 saturated heterocycles. The first-order valence-electron chi connectivity index (χ1n) is 3.60. The van der Waals surface area contributed by atoms with Crippen LogP contribution in [0.3, 0.4) is 0 Å². The number of nitrogens with two attached hydrogens (primary N) is 1. The monoisotopic (exact) mass is 183 g/mol. The molecular weight excluding hydrogens is 174 g/mol. The molecule has 0 amide bonds. The van der Waals surface area contributed by atoms with E-state index in [-0.39, 0.29) is 5.75 Å². The molecule has 0 aromatic heterocycles. The number of phenols is 1. The average molecular weight is 184 g/mol. The van der Waals surface area contributed by atoms with Crippen LogP contribution < -0.4 is 5.73 Å². The molecule has 3 N–H and O–H groups in total. The molecule has 1 rings (SSSR count). The first-order chi connectivity index (χ1) is 5.75. The van der Waals surface area contributed by atoms with Crippen LogP contribution in [0.25, 0.3) is 6.08 Å². The third-order valence-corrected chi connectivity index (χ3v) is 1.78. The molecule has 0 unspecified atom stereocenters. The van der Waals surface area contributed by atoms with E-state index in [1.807, 2.05) is 0 Å². The largest absolute Gasteiger partial charge is 0.507 e. The fourth-order valence-corrected chi connectivity index (χ4v) is 1.11. The smallest absolute Gasteiger partial charge is 0.124 e. The summed E-state index contributed by atoms with van der Waals surface area (Å²) in [5.41, 5.74) is 5.88. The maximum atomic E-state index is 9.34. The van der Waals surface area contributed by atoms with Crippen LogP contribution >= 0.6 is 11.6 Å². The number of benzene rings is 1. The van der Waals surface area contributed by atoms with Crippen molar-refractivity contribution in [2.24, 2.45) is 5.73 Å². The summed E-state index contributed by atoms with van der Waals surface area (Å²) in [5, 5.41) is 9.87. The van der Waals surface area contributed by atoms with Crippen molar-refractivity contribution in [3.63, 3.8) is 0 Å². The quantitative estimate of drug-likeness (QED) is 0.737. The van der Waals surface area contributed by atoms with Crippen LogP contribution in [0.4, 0.5) is 0 Å². The van der Waals surface area contributed by atoms with Crippen molar-refractivity contribution < 1.29 is 5.11 Å². The SMILES string of the molecule is NCC=Cc1c(O)cccc1Cl. The highest BCUT2D eigenvalue weighted by molar-refractivity contribution is 6.32. The Balaban J connectivity index is 3.04. The minimum absolute atomic E-state index is 0.173. The molecule has 0 spiro atoms. The van der Waals surface area contributed by atoms with Crippen LogP contribution in [0, 0.1) is 0 Å². The Morgan fingerprint density at radius 2 is 2.25 bits per heavy atom. The first-order valence-corrected chi connectivity index (χ1v) is 3.97. The molecule has 0 fully saturated rings. The number of hydrogen-bond acceptors (Lipinski definition) is 2. The number of halogens is 1. The second kappa shape index (κ2) is 4.14. The number of rotatable bonds is 2. The van der Waals surface area contributed by atoms with Gasteiger partial charge in [-0.15, -0.1) is 0 Å². The third kappa shape index (κ3) is 2.00. The highest BCUT2D eigenvalue weighted by atomic mass is 35.5. The molecule has 0 aliphatic carbocycles. The Morgan fingerprint density at radius 3 is 2.83 bits per heavy atom. The third-order valence-electron chi connectivity index (χ3n) is 1.45. The molecule has 1 aromatic carbocycles. The second-order valence-corrected chi connectivity index (χ2v) is 2.72. The van der Waals surface area contributed by atoms with Crippen LogP contribution in [-0.2, 0) is 0 Å². The lowest BCUT2D eigenvalue weighted by Gasteiger charge is -2.00. The second-order valence-electron chi connectivity index (χ2n) is 2.31. The number of aromatic hydroxyl groups is 1. The summed E-state index contributed by atoms with van der Waals surface area (Å²) in [4.78, 5) is 0. The van der Waals surface area contributed by atoms with Gasteiger partial charge in [0.25, 0.3) is 0 Å². The van der Waals surface area contributed by atoms with Gasteiger partial charge in [0.1, 0.15) is 5.75 Å². The van der Waals surface area contributed by atoms with Gasteiger partial charge in [-0.2, -0.15) is 0 Å². The van der Waals surface area contributed by atoms with E-state index < -0.39 is 0 Å². The average Bonchev–Trinajstić information content (AvgIpc) is 2.04. The lowest BCUT2D eigenvalue weighted by molar-refractivity contribution is 0.474. The summed E-state index contributed by atoms with van der Waals surface area (Å²) in [6.45, 7) is 0.435. The lowest BCUT2D eigenvalue weighted by atomic mass is 10.2. The van der Waals surface area contributed by atoms with Crippen LogP contribution in [-0.4, -0.2) is 11.7 Å². The molecule has 0 atom stereocenters. The van der Waals surface area contributed by atoms with Gasteiger partial charge >= 0.3 is 0 Å². The Hall–Kier alpha value is -0.990. The van der Waals surface area contributed by atoms with Gasteiger partial charge in [0, 0.05) is 12.1 Å². The van der Waals surface area contributed by atoms with Gasteiger partial charge in [-0.05, 0) is 12.1 Å². The fraction of sp³-hybridized carbons (Fsp3) is 0.111. The van der Waals surface area contributed by atoms with Gasteiger partial charge in [0.05, 0.1) is 5.02 Å². The van der Waals surface area contributed by atoms with E-state index in [2.05, 4.69) is 0 Å². The summed E-state index contributed by atoms with van der Waals surface area (Å²) in [6.07, 6.45) is 3.44. The molecular formula is C9H10ClNO. The first kappa shape index (κ1) is 9.10. The van der Waals surface area contributed by atoms with Crippen molar-refractivity contribution in [3.05, 3.63) is 34.9 Å². The van der Waals surface area contributed by atoms with E-state index in [1.165, 1.54) is 0 Å². The van der Waals surface area contributed by atoms with Gasteiger partial charge in [-0.3, -0.25) is 0 Å². The Labute approximate surface area is 76.3 Å². The predicted octanol–water partition coefficient (Wildman–Crippen LogP) is 2.02. The van der Waals surface area contributed by atoms with Crippen LogP contribution in [0.15, 0.2) is 24.3 Å². The molecule has 12 heavy (non-hydrogen) atoms. The highest BCUT2D eigenvalue weighted by Gasteiger charge is 2.00. The van der Waals surface area contributed by atoms with E-state index >= 15 is 0 Å². The molecule has 1 aromatic rings. The number of hydrogen-bond donors (Lipinski definition) is 2. The van der Waals surface area contributed by atoms with Gasteiger partial charge in [-0.25, -0.2) is 0 Å². The van der Waals surface area contributed by atoms with Crippen molar-refractivity contribution in [1.82, 2.24) is 0 Å². The van der Waals surface area contributed by atoms with Gasteiger partial charge in [-0.1, -0.05) is 29.8 Å². The Bertz CT molecular complexity index is 276. The van der Waals surface area contributed by atoms with E-state index in [1.54, 1.807) is 30.4 Å². The van der Waals surface area contributed by atoms with Crippen molar-refractivity contribution in [1.29, 1.82) is 0 Å². The normalized spacial score (nSPS) is 10.8. The van der Waals surface area contributed by atoms with Crippen LogP contribution in [0.5, 0.6) is 5.75 Å². The highest BCUT2D eigenvalue weighted by Crippen LogP contribution is 2.26. The standard InChI is InChI=1S/C9H10ClNO/c10-8-4-1-5-9(12)7(8)3-2-6-11/h1-5,12H,6,11H2. The van der Waals surface area contributed by atoms with Gasteiger partial charge in [0.15, 0.2) is 0 Å². The van der Waals surface area contributed by atoms with Crippen molar-refractivity contribution in [3.8, 4) is 5.75 Å². The zero-order chi connectivity index (χ0) is 8.97. The lowest BCUT2D eigenvalue weighted by Crippen LogP contribution is -1.92. The van der Waals surface area contributed by atoms with E-state index in [4.69, 9.17) is 17.3 Å². The molecule has 2 nitrogen and oxygen atoms in total. The van der Waals surface area contributed by atoms with Crippen LogP contribution in [0.2, 0.25) is 5.02 Å². The van der Waals surface area contributed by atoms with Crippen molar-refractivity contribution in [2.75, 3.05) is 6.54 Å². The summed E-state index contributed by atoms with van der Waals surface area (Å²) >= 11 is 5.81. The van der Waals surface area contributed by atoms with E-state index in [0.717, 1.165) is 0 Å². The zero-order valence-electron chi connectivity index (χ0n) is 6.50. The Morgan fingerprint density at radius 1 is 1.50 bits per heavy atom. The molecule has 0 aliphatic heterocycles. The van der Waals surface area contributed by atoms with E-state index in [9.17, 15) is 5.11 Å². The molecule has 0 bridgehead atoms. The Kier molecular flexibility index (Phi) is 3.14. The zero-order valence-corrected chi connectivity index (χ0v) is 7.25. The maximum Gasteiger partial charge on any atom is 0.124 e. The van der Waals surface area contributed by atoms with Crippen molar-refractivity contribution in [2.45, 2.75) is 0 Å².